The minimum atomic E-state index is -4.36. The average Bonchev–Trinajstić information content (AvgIpc) is 2.31. The van der Waals surface area contributed by atoms with E-state index in [1.54, 1.807) is 24.3 Å². The van der Waals surface area contributed by atoms with Crippen molar-refractivity contribution in [3.8, 4) is 0 Å². The number of hydrogen-bond acceptors (Lipinski definition) is 3. The standard InChI is InChI=1S/C11H10F3N3O/c1-17-9(18)7-4-2-3-5-8(7)16-10(17)15-6-11(12,13)14/h2-5H,6H2,1H3,(H,15,16). The second-order valence-corrected chi connectivity index (χ2v) is 3.79. The predicted octanol–water partition coefficient (Wildman–Crippen LogP) is 1.91. The van der Waals surface area contributed by atoms with Gasteiger partial charge in [-0.25, -0.2) is 4.98 Å². The van der Waals surface area contributed by atoms with Gasteiger partial charge in [-0.1, -0.05) is 12.1 Å². The van der Waals surface area contributed by atoms with Gasteiger partial charge in [0.05, 0.1) is 10.9 Å². The van der Waals surface area contributed by atoms with Gasteiger partial charge in [0.2, 0.25) is 5.95 Å². The molecule has 1 aromatic carbocycles. The first-order chi connectivity index (χ1) is 8.38. The maximum Gasteiger partial charge on any atom is 0.405 e. The minimum absolute atomic E-state index is 0.101. The molecule has 1 N–H and O–H groups in total. The van der Waals surface area contributed by atoms with Crippen molar-refractivity contribution in [2.75, 3.05) is 11.9 Å². The second-order valence-electron chi connectivity index (χ2n) is 3.79. The van der Waals surface area contributed by atoms with Gasteiger partial charge in [-0.3, -0.25) is 9.36 Å². The van der Waals surface area contributed by atoms with Gasteiger partial charge in [0.15, 0.2) is 0 Å². The first-order valence-electron chi connectivity index (χ1n) is 5.15. The number of alkyl halides is 3. The summed E-state index contributed by atoms with van der Waals surface area (Å²) >= 11 is 0. The minimum Gasteiger partial charge on any atom is -0.346 e. The van der Waals surface area contributed by atoms with E-state index in [0.29, 0.717) is 10.9 Å². The lowest BCUT2D eigenvalue weighted by molar-refractivity contribution is -0.115. The summed E-state index contributed by atoms with van der Waals surface area (Å²) in [6.45, 7) is -1.23. The lowest BCUT2D eigenvalue weighted by Gasteiger charge is -2.12. The molecule has 0 aliphatic rings. The average molecular weight is 257 g/mol. The summed E-state index contributed by atoms with van der Waals surface area (Å²) < 4.78 is 37.4. The molecule has 0 saturated heterocycles. The third-order valence-electron chi connectivity index (χ3n) is 2.43. The number of nitrogens with one attached hydrogen (secondary N) is 1. The van der Waals surface area contributed by atoms with Crippen molar-refractivity contribution < 1.29 is 13.2 Å². The molecule has 0 unspecified atom stereocenters. The number of hydrogen-bond donors (Lipinski definition) is 1. The Morgan fingerprint density at radius 3 is 2.67 bits per heavy atom. The Bertz CT molecular complexity index is 633. The SMILES string of the molecule is Cn1c(NCC(F)(F)F)nc2ccccc2c1=O. The maximum absolute atomic E-state index is 12.1. The Hall–Kier alpha value is -2.05. The van der Waals surface area contributed by atoms with E-state index in [2.05, 4.69) is 10.3 Å². The van der Waals surface area contributed by atoms with E-state index in [0.717, 1.165) is 4.57 Å². The van der Waals surface area contributed by atoms with Crippen LogP contribution in [0, 0.1) is 0 Å². The van der Waals surface area contributed by atoms with E-state index in [-0.39, 0.29) is 11.5 Å². The fourth-order valence-electron chi connectivity index (χ4n) is 1.56. The number of rotatable bonds is 2. The molecule has 0 fully saturated rings. The fourth-order valence-corrected chi connectivity index (χ4v) is 1.56. The van der Waals surface area contributed by atoms with Crippen molar-refractivity contribution in [2.45, 2.75) is 6.18 Å². The molecule has 0 aliphatic carbocycles. The van der Waals surface area contributed by atoms with Gasteiger partial charge in [-0.2, -0.15) is 13.2 Å². The van der Waals surface area contributed by atoms with Gasteiger partial charge in [0.1, 0.15) is 6.54 Å². The van der Waals surface area contributed by atoms with Gasteiger partial charge in [0, 0.05) is 7.05 Å². The summed E-state index contributed by atoms with van der Waals surface area (Å²) in [7, 11) is 1.38. The largest absolute Gasteiger partial charge is 0.405 e. The van der Waals surface area contributed by atoms with E-state index in [1.807, 2.05) is 0 Å². The Kier molecular flexibility index (Phi) is 2.98. The van der Waals surface area contributed by atoms with Crippen LogP contribution in [0.5, 0.6) is 0 Å². The molecule has 0 aliphatic heterocycles. The number of para-hydroxylation sites is 1. The number of anilines is 1. The van der Waals surface area contributed by atoms with Crippen LogP contribution in [0.3, 0.4) is 0 Å². The van der Waals surface area contributed by atoms with Crippen molar-refractivity contribution in [3.63, 3.8) is 0 Å². The van der Waals surface area contributed by atoms with E-state index in [4.69, 9.17) is 0 Å². The second kappa shape index (κ2) is 4.32. The highest BCUT2D eigenvalue weighted by atomic mass is 19.4. The number of nitrogens with zero attached hydrogens (tertiary/aromatic N) is 2. The number of aromatic nitrogens is 2. The van der Waals surface area contributed by atoms with Gasteiger partial charge < -0.3 is 5.32 Å². The van der Waals surface area contributed by atoms with E-state index >= 15 is 0 Å². The molecule has 0 bridgehead atoms. The highest BCUT2D eigenvalue weighted by Gasteiger charge is 2.27. The summed E-state index contributed by atoms with van der Waals surface area (Å²) in [5, 5.41) is 2.49. The summed E-state index contributed by atoms with van der Waals surface area (Å²) in [4.78, 5) is 15.9. The fraction of sp³-hybridized carbons (Fsp3) is 0.273. The molecule has 0 atom stereocenters. The van der Waals surface area contributed by atoms with Gasteiger partial charge in [-0.15, -0.1) is 0 Å². The van der Waals surface area contributed by atoms with Crippen molar-refractivity contribution >= 4 is 16.9 Å². The zero-order valence-corrected chi connectivity index (χ0v) is 9.45. The third kappa shape index (κ3) is 2.44. The molecule has 96 valence electrons. The lowest BCUT2D eigenvalue weighted by Crippen LogP contribution is -2.27. The lowest BCUT2D eigenvalue weighted by atomic mass is 10.2. The number of fused-ring (bicyclic) bond motifs is 1. The van der Waals surface area contributed by atoms with Crippen LogP contribution >= 0.6 is 0 Å². The summed E-state index contributed by atoms with van der Waals surface area (Å²) in [5.41, 5.74) is -0.0180. The molecule has 7 heteroatoms. The molecule has 0 spiro atoms. The van der Waals surface area contributed by atoms with Crippen LogP contribution in [0.2, 0.25) is 0 Å². The van der Waals surface area contributed by atoms with Crippen molar-refractivity contribution in [1.29, 1.82) is 0 Å². The number of halogens is 3. The molecule has 1 heterocycles. The van der Waals surface area contributed by atoms with Crippen LogP contribution in [0.25, 0.3) is 10.9 Å². The van der Waals surface area contributed by atoms with Crippen LogP contribution in [-0.2, 0) is 7.05 Å². The Morgan fingerprint density at radius 1 is 1.33 bits per heavy atom. The maximum atomic E-state index is 12.1. The van der Waals surface area contributed by atoms with E-state index < -0.39 is 12.7 Å². The smallest absolute Gasteiger partial charge is 0.346 e. The topological polar surface area (TPSA) is 46.9 Å². The molecule has 18 heavy (non-hydrogen) atoms. The van der Waals surface area contributed by atoms with Crippen molar-refractivity contribution in [1.82, 2.24) is 9.55 Å². The van der Waals surface area contributed by atoms with Crippen LogP contribution in [0.15, 0.2) is 29.1 Å². The predicted molar refractivity (Wildman–Crippen MR) is 61.5 cm³/mol. The zero-order chi connectivity index (χ0) is 13.3. The van der Waals surface area contributed by atoms with E-state index in [9.17, 15) is 18.0 Å². The Morgan fingerprint density at radius 2 is 2.00 bits per heavy atom. The zero-order valence-electron chi connectivity index (χ0n) is 9.45. The molecule has 0 saturated carbocycles. The normalized spacial score (nSPS) is 11.8. The molecule has 2 rings (SSSR count). The quantitative estimate of drug-likeness (QED) is 0.893. The van der Waals surface area contributed by atoms with Gasteiger partial charge in [-0.05, 0) is 12.1 Å². The van der Waals surface area contributed by atoms with Crippen molar-refractivity contribution in [2.24, 2.45) is 7.05 Å². The van der Waals surface area contributed by atoms with Crippen LogP contribution < -0.4 is 10.9 Å². The number of benzene rings is 1. The van der Waals surface area contributed by atoms with Crippen LogP contribution in [0.4, 0.5) is 19.1 Å². The molecular weight excluding hydrogens is 247 g/mol. The Labute approximate surface area is 100 Å². The third-order valence-corrected chi connectivity index (χ3v) is 2.43. The van der Waals surface area contributed by atoms with Crippen molar-refractivity contribution in [3.05, 3.63) is 34.6 Å². The highest BCUT2D eigenvalue weighted by Crippen LogP contribution is 2.16. The molecule has 0 radical (unpaired) electrons. The van der Waals surface area contributed by atoms with E-state index in [1.165, 1.54) is 7.05 Å². The summed E-state index contributed by atoms with van der Waals surface area (Å²) in [6, 6.07) is 6.50. The first kappa shape index (κ1) is 12.4. The van der Waals surface area contributed by atoms with Crippen LogP contribution in [0.1, 0.15) is 0 Å². The highest BCUT2D eigenvalue weighted by molar-refractivity contribution is 5.78. The molecule has 2 aromatic rings. The molecule has 0 amide bonds. The molecule has 4 nitrogen and oxygen atoms in total. The molecule has 1 aromatic heterocycles. The summed E-state index contributed by atoms with van der Waals surface area (Å²) in [5.74, 6) is -0.101. The monoisotopic (exact) mass is 257 g/mol. The Balaban J connectivity index is 2.46. The van der Waals surface area contributed by atoms with Gasteiger partial charge >= 0.3 is 6.18 Å². The summed E-state index contributed by atoms with van der Waals surface area (Å²) in [6.07, 6.45) is -4.36. The van der Waals surface area contributed by atoms with Gasteiger partial charge in [0.25, 0.3) is 5.56 Å². The van der Waals surface area contributed by atoms with Crippen LogP contribution in [-0.4, -0.2) is 22.3 Å². The molecular formula is C11H10F3N3O. The first-order valence-corrected chi connectivity index (χ1v) is 5.15.